The monoisotopic (exact) mass is 290 g/mol. The number of carbonyl (C=O) groups is 1. The van der Waals surface area contributed by atoms with Gasteiger partial charge in [0.1, 0.15) is 6.61 Å². The van der Waals surface area contributed by atoms with Crippen molar-refractivity contribution in [3.8, 4) is 0 Å². The van der Waals surface area contributed by atoms with E-state index in [-0.39, 0.29) is 19.8 Å². The van der Waals surface area contributed by atoms with Gasteiger partial charge in [-0.05, 0) is 6.42 Å². The second-order valence-electron chi connectivity index (χ2n) is 4.06. The molecule has 1 unspecified atom stereocenters. The van der Waals surface area contributed by atoms with Gasteiger partial charge in [-0.3, -0.25) is 0 Å². The molecule has 0 aromatic carbocycles. The van der Waals surface area contributed by atoms with Crippen molar-refractivity contribution in [2.24, 2.45) is 0 Å². The van der Waals surface area contributed by atoms with Crippen molar-refractivity contribution in [3.05, 3.63) is 12.7 Å². The number of hydrogen-bond acceptors (Lipinski definition) is 6. The second kappa shape index (κ2) is 14.5. The second-order valence-corrected chi connectivity index (χ2v) is 4.06. The third-order valence-electron chi connectivity index (χ3n) is 2.33. The van der Waals surface area contributed by atoms with Crippen LogP contribution in [0.1, 0.15) is 26.2 Å². The van der Waals surface area contributed by atoms with Gasteiger partial charge < -0.3 is 24.1 Å². The van der Waals surface area contributed by atoms with Gasteiger partial charge in [0.2, 0.25) is 6.29 Å². The van der Waals surface area contributed by atoms with E-state index in [1.165, 1.54) is 0 Å². The molecule has 0 radical (unpaired) electrons. The number of unbranched alkanes of at least 4 members (excludes halogenated alkanes) is 2. The summed E-state index contributed by atoms with van der Waals surface area (Å²) in [6, 6.07) is 0. The van der Waals surface area contributed by atoms with Gasteiger partial charge in [0, 0.05) is 6.08 Å². The smallest absolute Gasteiger partial charge is 0.332 e. The minimum Gasteiger partial charge on any atom is -0.430 e. The van der Waals surface area contributed by atoms with E-state index < -0.39 is 12.3 Å². The average Bonchev–Trinajstić information content (AvgIpc) is 2.46. The molecular weight excluding hydrogens is 264 g/mol. The molecule has 6 heteroatoms. The predicted octanol–water partition coefficient (Wildman–Crippen LogP) is 1.27. The van der Waals surface area contributed by atoms with Crippen molar-refractivity contribution >= 4 is 5.97 Å². The third-order valence-corrected chi connectivity index (χ3v) is 2.33. The van der Waals surface area contributed by atoms with Crippen LogP contribution in [0.25, 0.3) is 0 Å². The summed E-state index contributed by atoms with van der Waals surface area (Å²) in [4.78, 5) is 11.2. The van der Waals surface area contributed by atoms with Gasteiger partial charge in [0.25, 0.3) is 0 Å². The highest BCUT2D eigenvalue weighted by Crippen LogP contribution is 2.02. The molecule has 0 aliphatic rings. The van der Waals surface area contributed by atoms with Crippen LogP contribution in [0.2, 0.25) is 0 Å². The van der Waals surface area contributed by atoms with Crippen molar-refractivity contribution in [1.82, 2.24) is 0 Å². The number of aliphatic hydroxyl groups excluding tert-OH is 1. The number of aliphatic hydroxyl groups is 1. The predicted molar refractivity (Wildman–Crippen MR) is 74.3 cm³/mol. The summed E-state index contributed by atoms with van der Waals surface area (Å²) < 4.78 is 20.8. The lowest BCUT2D eigenvalue weighted by Gasteiger charge is -2.17. The normalized spacial score (nSPS) is 12.1. The molecule has 0 saturated heterocycles. The Morgan fingerprint density at radius 1 is 1.20 bits per heavy atom. The minimum atomic E-state index is -0.727. The molecule has 0 heterocycles. The first-order chi connectivity index (χ1) is 9.74. The first kappa shape index (κ1) is 19.1. The Bertz CT molecular complexity index is 244. The van der Waals surface area contributed by atoms with Crippen molar-refractivity contribution in [2.75, 3.05) is 39.6 Å². The van der Waals surface area contributed by atoms with Gasteiger partial charge in [0.05, 0.1) is 33.0 Å². The minimum absolute atomic E-state index is 0.0138. The molecule has 118 valence electrons. The van der Waals surface area contributed by atoms with Crippen molar-refractivity contribution in [1.29, 1.82) is 0 Å². The Morgan fingerprint density at radius 3 is 2.60 bits per heavy atom. The molecule has 0 aromatic rings. The fourth-order valence-corrected chi connectivity index (χ4v) is 1.32. The lowest BCUT2D eigenvalue weighted by atomic mass is 10.3. The van der Waals surface area contributed by atoms with Crippen molar-refractivity contribution in [3.63, 3.8) is 0 Å². The molecule has 0 bridgehead atoms. The third kappa shape index (κ3) is 12.1. The van der Waals surface area contributed by atoms with Crippen molar-refractivity contribution in [2.45, 2.75) is 32.5 Å². The van der Waals surface area contributed by atoms with E-state index in [0.717, 1.165) is 25.3 Å². The molecule has 0 aromatic heterocycles. The van der Waals surface area contributed by atoms with Gasteiger partial charge in [-0.15, -0.1) is 0 Å². The summed E-state index contributed by atoms with van der Waals surface area (Å²) in [5.41, 5.74) is 0. The molecule has 0 amide bonds. The van der Waals surface area contributed by atoms with Crippen LogP contribution >= 0.6 is 0 Å². The Kier molecular flexibility index (Phi) is 13.8. The van der Waals surface area contributed by atoms with Gasteiger partial charge in [-0.1, -0.05) is 26.3 Å². The van der Waals surface area contributed by atoms with Crippen LogP contribution in [-0.4, -0.2) is 57.0 Å². The largest absolute Gasteiger partial charge is 0.430 e. The van der Waals surface area contributed by atoms with Crippen LogP contribution in [0, 0.1) is 0 Å². The van der Waals surface area contributed by atoms with Crippen LogP contribution in [0.3, 0.4) is 0 Å². The zero-order valence-electron chi connectivity index (χ0n) is 12.2. The van der Waals surface area contributed by atoms with Gasteiger partial charge in [-0.2, -0.15) is 0 Å². The molecular formula is C14H26O6. The molecule has 1 N–H and O–H groups in total. The highest BCUT2D eigenvalue weighted by Gasteiger charge is 2.13. The molecule has 0 aliphatic carbocycles. The average molecular weight is 290 g/mol. The van der Waals surface area contributed by atoms with Crippen LogP contribution < -0.4 is 0 Å². The van der Waals surface area contributed by atoms with Gasteiger partial charge in [-0.25, -0.2) is 4.79 Å². The molecule has 0 saturated carbocycles. The van der Waals surface area contributed by atoms with Crippen LogP contribution in [-0.2, 0) is 23.7 Å². The summed E-state index contributed by atoms with van der Waals surface area (Å²) in [6.45, 7) is 7.10. The molecule has 0 aliphatic heterocycles. The molecule has 20 heavy (non-hydrogen) atoms. The maximum atomic E-state index is 11.2. The van der Waals surface area contributed by atoms with E-state index in [4.69, 9.17) is 24.1 Å². The standard InChI is InChI=1S/C14H26O6/c1-3-5-6-8-19-14(20-13(16)4-2)12-18-11-10-17-9-7-15/h4,14-15H,2-3,5-12H2,1H3. The summed E-state index contributed by atoms with van der Waals surface area (Å²) in [7, 11) is 0. The summed E-state index contributed by atoms with van der Waals surface area (Å²) >= 11 is 0. The molecule has 0 spiro atoms. The number of ether oxygens (including phenoxy) is 4. The van der Waals surface area contributed by atoms with Crippen LogP contribution in [0.5, 0.6) is 0 Å². The zero-order valence-corrected chi connectivity index (χ0v) is 12.2. The Morgan fingerprint density at radius 2 is 1.95 bits per heavy atom. The van der Waals surface area contributed by atoms with Gasteiger partial charge >= 0.3 is 5.97 Å². The molecule has 6 nitrogen and oxygen atoms in total. The molecule has 0 rings (SSSR count). The highest BCUT2D eigenvalue weighted by atomic mass is 16.7. The fourth-order valence-electron chi connectivity index (χ4n) is 1.32. The number of hydrogen-bond donors (Lipinski definition) is 1. The quantitative estimate of drug-likeness (QED) is 0.225. The van der Waals surface area contributed by atoms with E-state index in [2.05, 4.69) is 13.5 Å². The Balaban J connectivity index is 3.79. The van der Waals surface area contributed by atoms with Crippen molar-refractivity contribution < 1.29 is 28.8 Å². The molecule has 0 fully saturated rings. The number of carbonyl (C=O) groups excluding carboxylic acids is 1. The summed E-state index contributed by atoms with van der Waals surface area (Å²) in [5.74, 6) is -0.536. The number of esters is 1. The maximum absolute atomic E-state index is 11.2. The van der Waals surface area contributed by atoms with Crippen LogP contribution in [0.4, 0.5) is 0 Å². The van der Waals surface area contributed by atoms with E-state index in [9.17, 15) is 4.79 Å². The van der Waals surface area contributed by atoms with E-state index >= 15 is 0 Å². The number of rotatable bonds is 14. The topological polar surface area (TPSA) is 74.2 Å². The summed E-state index contributed by atoms with van der Waals surface area (Å²) in [6.07, 6.45) is 3.44. The zero-order chi connectivity index (χ0) is 15.1. The Hall–Kier alpha value is -0.950. The van der Waals surface area contributed by atoms with Crippen LogP contribution in [0.15, 0.2) is 12.7 Å². The maximum Gasteiger partial charge on any atom is 0.332 e. The Labute approximate surface area is 120 Å². The SMILES string of the molecule is C=CC(=O)OC(COCCOCCO)OCCCCC. The lowest BCUT2D eigenvalue weighted by molar-refractivity contribution is -0.187. The van der Waals surface area contributed by atoms with Gasteiger partial charge in [0.15, 0.2) is 0 Å². The fraction of sp³-hybridized carbons (Fsp3) is 0.786. The summed E-state index contributed by atoms with van der Waals surface area (Å²) in [5, 5.41) is 8.53. The first-order valence-electron chi connectivity index (χ1n) is 6.95. The van der Waals surface area contributed by atoms with E-state index in [1.54, 1.807) is 0 Å². The molecule has 1 atom stereocenters. The highest BCUT2D eigenvalue weighted by molar-refractivity contribution is 5.81. The first-order valence-corrected chi connectivity index (χ1v) is 6.95. The van der Waals surface area contributed by atoms with E-state index in [0.29, 0.717) is 19.8 Å². The van der Waals surface area contributed by atoms with E-state index in [1.807, 2.05) is 0 Å². The lowest BCUT2D eigenvalue weighted by Crippen LogP contribution is -2.27.